The number of ether oxygens (including phenoxy) is 2. The summed E-state index contributed by atoms with van der Waals surface area (Å²) in [6, 6.07) is 5.56. The van der Waals surface area contributed by atoms with Gasteiger partial charge >= 0.3 is 0 Å². The maximum atomic E-state index is 12.1. The van der Waals surface area contributed by atoms with Gasteiger partial charge in [-0.2, -0.15) is 0 Å². The zero-order valence-electron chi connectivity index (χ0n) is 15.2. The Kier molecular flexibility index (Phi) is 6.64. The van der Waals surface area contributed by atoms with Crippen molar-refractivity contribution in [2.45, 2.75) is 32.5 Å². The largest absolute Gasteiger partial charge is 0.493 e. The summed E-state index contributed by atoms with van der Waals surface area (Å²) in [5.74, 6) is 1.51. The summed E-state index contributed by atoms with van der Waals surface area (Å²) in [5.41, 5.74) is 3.91. The lowest BCUT2D eigenvalue weighted by Crippen LogP contribution is -2.24. The second-order valence-electron chi connectivity index (χ2n) is 5.56. The van der Waals surface area contributed by atoms with Gasteiger partial charge in [0.05, 0.1) is 20.0 Å². The Hall–Kier alpha value is -2.28. The number of benzene rings is 1. The average Bonchev–Trinajstić information content (AvgIpc) is 2.62. The van der Waals surface area contributed by atoms with Gasteiger partial charge < -0.3 is 14.8 Å². The van der Waals surface area contributed by atoms with E-state index in [-0.39, 0.29) is 11.7 Å². The first-order valence-electron chi connectivity index (χ1n) is 7.86. The highest BCUT2D eigenvalue weighted by Gasteiger charge is 2.09. The van der Waals surface area contributed by atoms with E-state index < -0.39 is 0 Å². The fraction of sp³-hybridized carbons (Fsp3) is 0.389. The number of thioether (sulfide) groups is 1. The molecule has 134 valence electrons. The van der Waals surface area contributed by atoms with Crippen LogP contribution < -0.4 is 14.8 Å². The summed E-state index contributed by atoms with van der Waals surface area (Å²) < 4.78 is 10.5. The number of nitrogens with zero attached hydrogens (tertiary/aromatic N) is 2. The molecule has 1 amide bonds. The molecule has 25 heavy (non-hydrogen) atoms. The minimum Gasteiger partial charge on any atom is -0.493 e. The third-order valence-electron chi connectivity index (χ3n) is 3.88. The number of rotatable bonds is 7. The highest BCUT2D eigenvalue weighted by molar-refractivity contribution is 7.99. The Morgan fingerprint density at radius 3 is 2.32 bits per heavy atom. The molecule has 0 atom stereocenters. The molecule has 7 heteroatoms. The van der Waals surface area contributed by atoms with Gasteiger partial charge in [0.15, 0.2) is 16.7 Å². The highest BCUT2D eigenvalue weighted by atomic mass is 32.2. The Balaban J connectivity index is 1.89. The maximum absolute atomic E-state index is 12.1. The van der Waals surface area contributed by atoms with E-state index in [0.717, 1.165) is 22.5 Å². The van der Waals surface area contributed by atoms with Crippen molar-refractivity contribution in [3.8, 4) is 11.5 Å². The molecule has 2 rings (SSSR count). The summed E-state index contributed by atoms with van der Waals surface area (Å²) in [7, 11) is 3.18. The average molecular weight is 361 g/mol. The van der Waals surface area contributed by atoms with Gasteiger partial charge in [-0.15, -0.1) is 0 Å². The van der Waals surface area contributed by atoms with Crippen molar-refractivity contribution in [1.29, 1.82) is 0 Å². The first-order valence-corrected chi connectivity index (χ1v) is 8.85. The summed E-state index contributed by atoms with van der Waals surface area (Å²) in [6.07, 6.45) is 0. The van der Waals surface area contributed by atoms with Crippen LogP contribution in [0.3, 0.4) is 0 Å². The van der Waals surface area contributed by atoms with Crippen LogP contribution in [0.1, 0.15) is 22.5 Å². The second kappa shape index (κ2) is 8.71. The fourth-order valence-corrected chi connectivity index (χ4v) is 2.94. The van der Waals surface area contributed by atoms with E-state index in [1.54, 1.807) is 14.2 Å². The van der Waals surface area contributed by atoms with Crippen LogP contribution in [0.15, 0.2) is 23.4 Å². The molecular weight excluding hydrogens is 338 g/mol. The van der Waals surface area contributed by atoms with Gasteiger partial charge in [-0.05, 0) is 44.0 Å². The molecule has 0 aliphatic heterocycles. The Labute approximate surface area is 152 Å². The van der Waals surface area contributed by atoms with E-state index in [1.807, 2.05) is 39.0 Å². The topological polar surface area (TPSA) is 73.3 Å². The number of hydrogen-bond donors (Lipinski definition) is 1. The Morgan fingerprint density at radius 2 is 1.72 bits per heavy atom. The molecule has 1 aromatic carbocycles. The Bertz CT molecular complexity index is 742. The van der Waals surface area contributed by atoms with Gasteiger partial charge in [0.2, 0.25) is 5.91 Å². The van der Waals surface area contributed by atoms with Crippen LogP contribution in [-0.2, 0) is 11.3 Å². The first-order chi connectivity index (χ1) is 11.9. The number of aromatic nitrogens is 2. The summed E-state index contributed by atoms with van der Waals surface area (Å²) in [5, 5.41) is 3.51. The number of aryl methyl sites for hydroxylation is 2. The van der Waals surface area contributed by atoms with Gasteiger partial charge in [-0.25, -0.2) is 9.97 Å². The van der Waals surface area contributed by atoms with Crippen LogP contribution in [0.5, 0.6) is 11.5 Å². The molecule has 0 saturated heterocycles. The van der Waals surface area contributed by atoms with Gasteiger partial charge in [0, 0.05) is 17.9 Å². The highest BCUT2D eigenvalue weighted by Crippen LogP contribution is 2.27. The molecule has 2 aromatic rings. The summed E-state index contributed by atoms with van der Waals surface area (Å²) >= 11 is 1.34. The number of amides is 1. The fourth-order valence-electron chi connectivity index (χ4n) is 2.18. The summed E-state index contributed by atoms with van der Waals surface area (Å²) in [6.45, 7) is 6.32. The molecule has 1 N–H and O–H groups in total. The molecule has 0 fully saturated rings. The third kappa shape index (κ3) is 5.09. The van der Waals surface area contributed by atoms with Crippen molar-refractivity contribution in [2.24, 2.45) is 0 Å². The van der Waals surface area contributed by atoms with Crippen molar-refractivity contribution in [1.82, 2.24) is 15.3 Å². The van der Waals surface area contributed by atoms with Crippen molar-refractivity contribution in [2.75, 3.05) is 20.0 Å². The van der Waals surface area contributed by atoms with E-state index in [9.17, 15) is 4.79 Å². The molecule has 6 nitrogen and oxygen atoms in total. The van der Waals surface area contributed by atoms with Gasteiger partial charge in [0.1, 0.15) is 0 Å². The second-order valence-corrected chi connectivity index (χ2v) is 6.50. The number of hydrogen-bond acceptors (Lipinski definition) is 6. The van der Waals surface area contributed by atoms with E-state index >= 15 is 0 Å². The van der Waals surface area contributed by atoms with Crippen LogP contribution in [0, 0.1) is 20.8 Å². The molecule has 0 spiro atoms. The van der Waals surface area contributed by atoms with Crippen LogP contribution >= 0.6 is 11.8 Å². The molecule has 1 aromatic heterocycles. The monoisotopic (exact) mass is 361 g/mol. The quantitative estimate of drug-likeness (QED) is 0.604. The molecule has 1 heterocycles. The maximum Gasteiger partial charge on any atom is 0.230 e. The van der Waals surface area contributed by atoms with E-state index in [4.69, 9.17) is 9.47 Å². The zero-order valence-corrected chi connectivity index (χ0v) is 16.0. The molecule has 0 bridgehead atoms. The number of nitrogens with one attached hydrogen (secondary N) is 1. The standard InChI is InChI=1S/C18H23N3O3S/c1-11-12(2)20-18(21-13(11)3)25-10-17(22)19-9-14-6-7-15(23-4)16(8-14)24-5/h6-8H,9-10H2,1-5H3,(H,19,22). The first kappa shape index (κ1) is 19.1. The molecular formula is C18H23N3O3S. The smallest absolute Gasteiger partial charge is 0.230 e. The summed E-state index contributed by atoms with van der Waals surface area (Å²) in [4.78, 5) is 20.9. The van der Waals surface area contributed by atoms with Crippen LogP contribution in [0.25, 0.3) is 0 Å². The van der Waals surface area contributed by atoms with E-state index in [1.165, 1.54) is 11.8 Å². The minimum absolute atomic E-state index is 0.0701. The van der Waals surface area contributed by atoms with Crippen molar-refractivity contribution in [3.63, 3.8) is 0 Å². The number of methoxy groups -OCH3 is 2. The van der Waals surface area contributed by atoms with Crippen LogP contribution in [0.4, 0.5) is 0 Å². The lowest BCUT2D eigenvalue weighted by Gasteiger charge is -2.10. The minimum atomic E-state index is -0.0701. The van der Waals surface area contributed by atoms with Gasteiger partial charge in [0.25, 0.3) is 0 Å². The van der Waals surface area contributed by atoms with Gasteiger partial charge in [-0.3, -0.25) is 4.79 Å². The van der Waals surface area contributed by atoms with Crippen LogP contribution in [0.2, 0.25) is 0 Å². The number of carbonyl (C=O) groups excluding carboxylic acids is 1. The molecule has 0 saturated carbocycles. The zero-order chi connectivity index (χ0) is 18.4. The van der Waals surface area contributed by atoms with Gasteiger partial charge in [-0.1, -0.05) is 17.8 Å². The lowest BCUT2D eigenvalue weighted by molar-refractivity contribution is -0.118. The molecule has 0 radical (unpaired) electrons. The molecule has 0 aliphatic rings. The number of carbonyl (C=O) groups is 1. The predicted molar refractivity (Wildman–Crippen MR) is 98.4 cm³/mol. The third-order valence-corrected chi connectivity index (χ3v) is 4.73. The van der Waals surface area contributed by atoms with E-state index in [0.29, 0.717) is 23.2 Å². The normalized spacial score (nSPS) is 10.4. The van der Waals surface area contributed by atoms with Crippen molar-refractivity contribution < 1.29 is 14.3 Å². The molecule has 0 unspecified atom stereocenters. The van der Waals surface area contributed by atoms with E-state index in [2.05, 4.69) is 15.3 Å². The Morgan fingerprint density at radius 1 is 1.08 bits per heavy atom. The molecule has 0 aliphatic carbocycles. The lowest BCUT2D eigenvalue weighted by atomic mass is 10.2. The van der Waals surface area contributed by atoms with Crippen molar-refractivity contribution in [3.05, 3.63) is 40.7 Å². The predicted octanol–water partition coefficient (Wildman–Crippen LogP) is 2.83. The SMILES string of the molecule is COc1ccc(CNC(=O)CSc2nc(C)c(C)c(C)n2)cc1OC. The van der Waals surface area contributed by atoms with Crippen LogP contribution in [-0.4, -0.2) is 35.8 Å². The van der Waals surface area contributed by atoms with Crippen molar-refractivity contribution >= 4 is 17.7 Å².